The SMILES string of the molecule is NS(=O)(=O)c1ccc(NC(=O)COc2ccc(Cl)cc2[C@H]2c3sc(=O)[nH]c3SC3C4CC(C5C(=O)N(CC(=O)O)C(=O)C45)C32)cc1. The van der Waals surface area contributed by atoms with Crippen molar-refractivity contribution < 1.29 is 37.4 Å². The van der Waals surface area contributed by atoms with Gasteiger partial charge in [-0.05, 0) is 66.6 Å². The van der Waals surface area contributed by atoms with E-state index in [-0.39, 0.29) is 32.8 Å². The number of thiazole rings is 1. The van der Waals surface area contributed by atoms with E-state index in [2.05, 4.69) is 10.3 Å². The van der Waals surface area contributed by atoms with Gasteiger partial charge in [0.1, 0.15) is 12.3 Å². The molecule has 7 atom stereocenters. The van der Waals surface area contributed by atoms with Crippen molar-refractivity contribution in [1.82, 2.24) is 9.88 Å². The van der Waals surface area contributed by atoms with Gasteiger partial charge >= 0.3 is 10.8 Å². The monoisotopic (exact) mass is 704 g/mol. The van der Waals surface area contributed by atoms with Crippen molar-refractivity contribution in [3.63, 3.8) is 0 Å². The summed E-state index contributed by atoms with van der Waals surface area (Å²) in [5.41, 5.74) is 0.948. The minimum Gasteiger partial charge on any atom is -0.483 e. The molecular formula is C29H25ClN4O9S3. The number of rotatable bonds is 8. The maximum absolute atomic E-state index is 13.5. The van der Waals surface area contributed by atoms with Crippen LogP contribution in [0.2, 0.25) is 5.02 Å². The predicted octanol–water partition coefficient (Wildman–Crippen LogP) is 2.31. The van der Waals surface area contributed by atoms with Crippen LogP contribution in [0.1, 0.15) is 22.8 Å². The van der Waals surface area contributed by atoms with Crippen molar-refractivity contribution in [3.8, 4) is 5.75 Å². The minimum absolute atomic E-state index is 0.104. The van der Waals surface area contributed by atoms with Gasteiger partial charge in [-0.25, -0.2) is 13.6 Å². The van der Waals surface area contributed by atoms with Gasteiger partial charge in [0.05, 0.1) is 21.8 Å². The number of amides is 3. The van der Waals surface area contributed by atoms with E-state index in [9.17, 15) is 37.5 Å². The molecule has 2 bridgehead atoms. The summed E-state index contributed by atoms with van der Waals surface area (Å²) in [6, 6.07) is 10.3. The zero-order chi connectivity index (χ0) is 32.7. The number of halogens is 1. The van der Waals surface area contributed by atoms with Gasteiger partial charge in [-0.3, -0.25) is 28.9 Å². The number of anilines is 1. The van der Waals surface area contributed by atoms with Crippen LogP contribution < -0.4 is 20.1 Å². The second-order valence-electron chi connectivity index (χ2n) is 11.7. The number of imide groups is 1. The Balaban J connectivity index is 1.19. The fourth-order valence-electron chi connectivity index (χ4n) is 7.68. The quantitative estimate of drug-likeness (QED) is 0.252. The molecule has 6 unspecified atom stereocenters. The van der Waals surface area contributed by atoms with Crippen molar-refractivity contribution in [3.05, 3.63) is 67.6 Å². The molecule has 13 nitrogen and oxygen atoms in total. The Hall–Kier alpha value is -3.70. The van der Waals surface area contributed by atoms with Gasteiger partial charge in [0.2, 0.25) is 21.8 Å². The van der Waals surface area contributed by atoms with Crippen LogP contribution in [0.15, 0.2) is 57.2 Å². The molecule has 240 valence electrons. The Bertz CT molecular complexity index is 1980. The third-order valence-corrected chi connectivity index (χ3v) is 13.0. The molecule has 17 heteroatoms. The lowest BCUT2D eigenvalue weighted by Gasteiger charge is -2.43. The number of carboxylic acids is 1. The van der Waals surface area contributed by atoms with Crippen molar-refractivity contribution in [2.45, 2.75) is 27.5 Å². The molecule has 3 amide bonds. The van der Waals surface area contributed by atoms with Crippen molar-refractivity contribution >= 4 is 74.1 Å². The smallest absolute Gasteiger partial charge is 0.323 e. The molecule has 7 rings (SSSR count). The number of ether oxygens (including phenoxy) is 1. The number of benzene rings is 2. The zero-order valence-corrected chi connectivity index (χ0v) is 26.8. The first kappa shape index (κ1) is 30.9. The number of fused-ring (bicyclic) bond motifs is 9. The normalized spacial score (nSPS) is 27.7. The van der Waals surface area contributed by atoms with Crippen LogP contribution in [0.3, 0.4) is 0 Å². The number of nitrogens with one attached hydrogen (secondary N) is 2. The van der Waals surface area contributed by atoms with Crippen LogP contribution in [0, 0.1) is 29.6 Å². The second kappa shape index (κ2) is 11.2. The third-order valence-electron chi connectivity index (χ3n) is 9.24. The number of nitrogens with zero attached hydrogens (tertiary/aromatic N) is 1. The number of nitrogens with two attached hydrogens (primary N) is 1. The number of sulfonamides is 1. The molecule has 4 aliphatic rings. The Labute approximate surface area is 274 Å². The number of hydrogen-bond acceptors (Lipinski definition) is 10. The number of likely N-dealkylation sites (tertiary alicyclic amines) is 1. The molecule has 2 aliphatic heterocycles. The molecule has 3 fully saturated rings. The van der Waals surface area contributed by atoms with Gasteiger partial charge < -0.3 is 20.1 Å². The van der Waals surface area contributed by atoms with E-state index in [0.717, 1.165) is 21.1 Å². The predicted molar refractivity (Wildman–Crippen MR) is 166 cm³/mol. The highest BCUT2D eigenvalue weighted by atomic mass is 35.5. The van der Waals surface area contributed by atoms with Gasteiger partial charge in [0.15, 0.2) is 6.61 Å². The zero-order valence-electron chi connectivity index (χ0n) is 23.5. The fourth-order valence-corrected chi connectivity index (χ4v) is 11.3. The number of thioether (sulfide) groups is 1. The molecule has 1 saturated heterocycles. The van der Waals surface area contributed by atoms with Gasteiger partial charge in [-0.1, -0.05) is 22.9 Å². The molecular weight excluding hydrogens is 680 g/mol. The summed E-state index contributed by atoms with van der Waals surface area (Å²) in [5, 5.41) is 18.0. The fraction of sp³-hybridized carbons (Fsp3) is 0.345. The Kier molecular flexibility index (Phi) is 7.55. The first-order valence-corrected chi connectivity index (χ1v) is 17.8. The highest BCUT2D eigenvalue weighted by Crippen LogP contribution is 2.69. The van der Waals surface area contributed by atoms with Crippen LogP contribution in [0.25, 0.3) is 0 Å². The topological polar surface area (TPSA) is 206 Å². The molecule has 46 heavy (non-hydrogen) atoms. The number of carboxylic acid groups (broad SMARTS) is 1. The molecule has 0 spiro atoms. The van der Waals surface area contributed by atoms with Crippen LogP contribution in [-0.2, 0) is 29.2 Å². The van der Waals surface area contributed by atoms with Gasteiger partial charge in [-0.15, -0.1) is 11.8 Å². The minimum atomic E-state index is -3.89. The Morgan fingerprint density at radius 2 is 1.78 bits per heavy atom. The average molecular weight is 705 g/mol. The van der Waals surface area contributed by atoms with Gasteiger partial charge in [0, 0.05) is 32.3 Å². The summed E-state index contributed by atoms with van der Waals surface area (Å²) in [4.78, 5) is 67.8. The van der Waals surface area contributed by atoms with Crippen LogP contribution >= 0.6 is 34.7 Å². The second-order valence-corrected chi connectivity index (χ2v) is 15.9. The number of H-pyrrole nitrogens is 1. The molecule has 2 saturated carbocycles. The maximum Gasteiger partial charge on any atom is 0.323 e. The van der Waals surface area contributed by atoms with Crippen molar-refractivity contribution in [2.75, 3.05) is 18.5 Å². The van der Waals surface area contributed by atoms with Crippen LogP contribution in [0.4, 0.5) is 5.69 Å². The van der Waals surface area contributed by atoms with E-state index >= 15 is 0 Å². The summed E-state index contributed by atoms with van der Waals surface area (Å²) in [7, 11) is -3.89. The summed E-state index contributed by atoms with van der Waals surface area (Å²) < 4.78 is 29.1. The number of carbonyl (C=O) groups is 4. The molecule has 3 aromatic rings. The largest absolute Gasteiger partial charge is 0.483 e. The number of aliphatic carboxylic acids is 1. The van der Waals surface area contributed by atoms with E-state index in [4.69, 9.17) is 21.5 Å². The molecule has 1 aromatic heterocycles. The summed E-state index contributed by atoms with van der Waals surface area (Å²) in [6.07, 6.45) is 0.606. The lowest BCUT2D eigenvalue weighted by Crippen LogP contribution is -2.42. The standard InChI is InChI=1S/C29H25ClN4O9S3/c30-11-1-6-17(43-10-18(35)32-12-2-4-13(5-3-12)46(31,41)42)14(7-11)20-21-15-8-16(24(21)44-26-25(20)45-29(40)33-26)23-22(15)27(38)34(28(23)39)9-19(36)37/h1-7,15-16,20-24H,8-10H2,(H,32,35)(H,33,40)(H,36,37)(H2,31,41,42)/t15?,16?,20-,21?,22?,23?,24?/m1/s1. The van der Waals surface area contributed by atoms with E-state index in [1.54, 1.807) is 18.2 Å². The summed E-state index contributed by atoms with van der Waals surface area (Å²) in [5.74, 6) is -4.77. The Morgan fingerprint density at radius 1 is 1.09 bits per heavy atom. The van der Waals surface area contributed by atoms with Gasteiger partial charge in [0.25, 0.3) is 5.91 Å². The number of primary sulfonamides is 1. The van der Waals surface area contributed by atoms with E-state index in [1.165, 1.54) is 36.0 Å². The molecule has 5 N–H and O–H groups in total. The first-order chi connectivity index (χ1) is 21.8. The number of carbonyl (C=O) groups excluding carboxylic acids is 3. The highest BCUT2D eigenvalue weighted by Gasteiger charge is 2.69. The van der Waals surface area contributed by atoms with Crippen molar-refractivity contribution in [2.24, 2.45) is 34.7 Å². The van der Waals surface area contributed by atoms with Crippen LogP contribution in [-0.4, -0.2) is 65.5 Å². The van der Waals surface area contributed by atoms with E-state index in [1.807, 2.05) is 0 Å². The van der Waals surface area contributed by atoms with Gasteiger partial charge in [-0.2, -0.15) is 0 Å². The maximum atomic E-state index is 13.5. The number of aromatic amines is 1. The van der Waals surface area contributed by atoms with Crippen molar-refractivity contribution in [1.29, 1.82) is 0 Å². The average Bonchev–Trinajstić information content (AvgIpc) is 3.72. The summed E-state index contributed by atoms with van der Waals surface area (Å²) >= 11 is 9.01. The lowest BCUT2D eigenvalue weighted by molar-refractivity contribution is -0.149. The Morgan fingerprint density at radius 3 is 2.46 bits per heavy atom. The number of aromatic nitrogens is 1. The molecule has 2 aromatic carbocycles. The van der Waals surface area contributed by atoms with E-state index < -0.39 is 64.6 Å². The lowest BCUT2D eigenvalue weighted by atomic mass is 9.68. The molecule has 3 heterocycles. The third kappa shape index (κ3) is 5.12. The highest BCUT2D eigenvalue weighted by molar-refractivity contribution is 8.00. The first-order valence-electron chi connectivity index (χ1n) is 14.1. The van der Waals surface area contributed by atoms with E-state index in [0.29, 0.717) is 33.5 Å². The molecule has 0 radical (unpaired) electrons. The van der Waals surface area contributed by atoms with Crippen LogP contribution in [0.5, 0.6) is 5.75 Å². The molecule has 2 aliphatic carbocycles. The summed E-state index contributed by atoms with van der Waals surface area (Å²) in [6.45, 7) is -1.09. The number of hydrogen-bond donors (Lipinski definition) is 4.